The predicted molar refractivity (Wildman–Crippen MR) is 49.2 cm³/mol. The molecule has 3 nitrogen and oxygen atoms in total. The first-order valence-electron chi connectivity index (χ1n) is 3.55. The molecule has 0 unspecified atom stereocenters. The van der Waals surface area contributed by atoms with E-state index in [1.54, 1.807) is 0 Å². The van der Waals surface area contributed by atoms with Crippen LogP contribution in [0.25, 0.3) is 0 Å². The van der Waals surface area contributed by atoms with Crippen LogP contribution in [0.5, 0.6) is 0 Å². The van der Waals surface area contributed by atoms with Crippen LogP contribution in [0.1, 0.15) is 21.9 Å². The lowest BCUT2D eigenvalue weighted by Crippen LogP contribution is -1.88. The minimum absolute atomic E-state index is 0.101. The first-order chi connectivity index (χ1) is 6.19. The second kappa shape index (κ2) is 4.65. The number of hydrogen-bond acceptors (Lipinski definition) is 3. The maximum atomic E-state index is 10.7. The Labute approximate surface area is 85.6 Å². The summed E-state index contributed by atoms with van der Waals surface area (Å²) in [5, 5.41) is -0.631. The molecule has 0 amide bonds. The second-order valence-corrected chi connectivity index (χ2v) is 3.01. The van der Waals surface area contributed by atoms with Gasteiger partial charge in [0.05, 0.1) is 5.88 Å². The molecular weight excluding hydrogens is 215 g/mol. The molecule has 0 saturated heterocycles. The second-order valence-electron chi connectivity index (χ2n) is 2.40. The van der Waals surface area contributed by atoms with E-state index in [0.717, 1.165) is 5.56 Å². The highest BCUT2D eigenvalue weighted by Crippen LogP contribution is 2.19. The average molecular weight is 223 g/mol. The van der Waals surface area contributed by atoms with Crippen molar-refractivity contribution in [2.45, 2.75) is 12.5 Å². The zero-order valence-electron chi connectivity index (χ0n) is 6.97. The molecule has 0 bridgehead atoms. The third-order valence-electron chi connectivity index (χ3n) is 1.51. The van der Waals surface area contributed by atoms with E-state index in [2.05, 4.69) is 0 Å². The summed E-state index contributed by atoms with van der Waals surface area (Å²) in [5.41, 5.74) is 0.729. The van der Waals surface area contributed by atoms with E-state index >= 15 is 0 Å². The molecule has 1 aromatic rings. The Hall–Kier alpha value is -0.510. The van der Waals surface area contributed by atoms with E-state index in [1.165, 1.54) is 13.2 Å². The predicted octanol–water partition coefficient (Wildman–Crippen LogP) is 2.54. The zero-order valence-corrected chi connectivity index (χ0v) is 8.48. The summed E-state index contributed by atoms with van der Waals surface area (Å²) in [7, 11) is 1.53. The maximum absolute atomic E-state index is 10.7. The van der Waals surface area contributed by atoms with Crippen molar-refractivity contribution in [1.82, 2.24) is 0 Å². The summed E-state index contributed by atoms with van der Waals surface area (Å²) in [6.07, 6.45) is 0. The molecule has 5 heteroatoms. The molecule has 0 saturated carbocycles. The number of carbonyl (C=O) groups excluding carboxylic acids is 1. The molecule has 0 aliphatic carbocycles. The molecule has 1 rings (SSSR count). The van der Waals surface area contributed by atoms with Crippen molar-refractivity contribution >= 4 is 28.4 Å². The fourth-order valence-electron chi connectivity index (χ4n) is 0.930. The van der Waals surface area contributed by atoms with E-state index < -0.39 is 5.24 Å². The van der Waals surface area contributed by atoms with Gasteiger partial charge >= 0.3 is 0 Å². The number of alkyl halides is 1. The van der Waals surface area contributed by atoms with Crippen LogP contribution < -0.4 is 0 Å². The van der Waals surface area contributed by atoms with Gasteiger partial charge in [-0.05, 0) is 17.7 Å². The van der Waals surface area contributed by atoms with Crippen LogP contribution in [-0.2, 0) is 17.2 Å². The van der Waals surface area contributed by atoms with Crippen LogP contribution in [0.15, 0.2) is 10.5 Å². The summed E-state index contributed by atoms with van der Waals surface area (Å²) >= 11 is 10.8. The number of furan rings is 1. The van der Waals surface area contributed by atoms with Gasteiger partial charge in [0.15, 0.2) is 5.76 Å². The van der Waals surface area contributed by atoms with Gasteiger partial charge in [0.2, 0.25) is 0 Å². The van der Waals surface area contributed by atoms with E-state index in [0.29, 0.717) is 5.76 Å². The number of carbonyl (C=O) groups is 1. The molecule has 0 atom stereocenters. The third kappa shape index (κ3) is 2.46. The fraction of sp³-hybridized carbons (Fsp3) is 0.375. The SMILES string of the molecule is COCc1oc(C(=O)Cl)cc1CCl. The molecule has 0 N–H and O–H groups in total. The molecule has 72 valence electrons. The first-order valence-corrected chi connectivity index (χ1v) is 4.46. The molecule has 0 aromatic carbocycles. The van der Waals surface area contributed by atoms with Crippen molar-refractivity contribution in [1.29, 1.82) is 0 Å². The molecule has 0 fully saturated rings. The highest BCUT2D eigenvalue weighted by molar-refractivity contribution is 6.67. The number of rotatable bonds is 4. The standard InChI is InChI=1S/C8H8Cl2O3/c1-12-4-7-5(3-9)2-6(13-7)8(10)11/h2H,3-4H2,1H3. The van der Waals surface area contributed by atoms with Crippen LogP contribution in [0, 0.1) is 0 Å². The van der Waals surface area contributed by atoms with Gasteiger partial charge in [-0.1, -0.05) is 0 Å². The van der Waals surface area contributed by atoms with Gasteiger partial charge in [-0.2, -0.15) is 0 Å². The summed E-state index contributed by atoms with van der Waals surface area (Å²) in [5.74, 6) is 0.915. The topological polar surface area (TPSA) is 39.4 Å². The molecule has 0 aliphatic rings. The van der Waals surface area contributed by atoms with E-state index in [1.807, 2.05) is 0 Å². The molecular formula is C8H8Cl2O3. The number of hydrogen-bond donors (Lipinski definition) is 0. The number of ether oxygens (including phenoxy) is 1. The fourth-order valence-corrected chi connectivity index (χ4v) is 1.25. The first kappa shape index (κ1) is 10.6. The van der Waals surface area contributed by atoms with Gasteiger partial charge in [-0.25, -0.2) is 0 Å². The summed E-state index contributed by atoms with van der Waals surface area (Å²) < 4.78 is 9.97. The molecule has 0 spiro atoms. The Balaban J connectivity index is 2.96. The van der Waals surface area contributed by atoms with Gasteiger partial charge in [0, 0.05) is 12.7 Å². The lowest BCUT2D eigenvalue weighted by Gasteiger charge is -1.95. The largest absolute Gasteiger partial charge is 0.454 e. The van der Waals surface area contributed by atoms with Crippen molar-refractivity contribution in [2.24, 2.45) is 0 Å². The Morgan fingerprint density at radius 1 is 1.69 bits per heavy atom. The molecule has 0 radical (unpaired) electrons. The highest BCUT2D eigenvalue weighted by Gasteiger charge is 2.13. The number of halogens is 2. The summed E-state index contributed by atoms with van der Waals surface area (Å²) in [4.78, 5) is 10.7. The summed E-state index contributed by atoms with van der Waals surface area (Å²) in [6.45, 7) is 0.284. The van der Waals surface area contributed by atoms with Crippen molar-refractivity contribution in [3.8, 4) is 0 Å². The minimum Gasteiger partial charge on any atom is -0.454 e. The Morgan fingerprint density at radius 3 is 2.85 bits per heavy atom. The van der Waals surface area contributed by atoms with Crippen molar-refractivity contribution < 1.29 is 13.9 Å². The lowest BCUT2D eigenvalue weighted by atomic mass is 10.3. The van der Waals surface area contributed by atoms with E-state index in [-0.39, 0.29) is 18.2 Å². The van der Waals surface area contributed by atoms with Crippen LogP contribution in [0.2, 0.25) is 0 Å². The molecule has 1 heterocycles. The van der Waals surface area contributed by atoms with Gasteiger partial charge in [-0.3, -0.25) is 4.79 Å². The summed E-state index contributed by atoms with van der Waals surface area (Å²) in [6, 6.07) is 1.52. The van der Waals surface area contributed by atoms with Gasteiger partial charge < -0.3 is 9.15 Å². The smallest absolute Gasteiger partial charge is 0.287 e. The molecule has 13 heavy (non-hydrogen) atoms. The average Bonchev–Trinajstić information content (AvgIpc) is 2.48. The van der Waals surface area contributed by atoms with Gasteiger partial charge in [0.25, 0.3) is 5.24 Å². The zero-order chi connectivity index (χ0) is 9.84. The minimum atomic E-state index is -0.631. The van der Waals surface area contributed by atoms with E-state index in [4.69, 9.17) is 32.4 Å². The Bertz CT molecular complexity index is 306. The number of methoxy groups -OCH3 is 1. The Morgan fingerprint density at radius 2 is 2.38 bits per heavy atom. The monoisotopic (exact) mass is 222 g/mol. The van der Waals surface area contributed by atoms with E-state index in [9.17, 15) is 4.79 Å². The normalized spacial score (nSPS) is 10.4. The van der Waals surface area contributed by atoms with Crippen LogP contribution in [0.3, 0.4) is 0 Å². The molecule has 1 aromatic heterocycles. The van der Waals surface area contributed by atoms with Crippen LogP contribution in [-0.4, -0.2) is 12.4 Å². The van der Waals surface area contributed by atoms with Crippen LogP contribution >= 0.6 is 23.2 Å². The third-order valence-corrected chi connectivity index (χ3v) is 1.98. The van der Waals surface area contributed by atoms with Crippen molar-refractivity contribution in [3.05, 3.63) is 23.2 Å². The van der Waals surface area contributed by atoms with Crippen molar-refractivity contribution in [2.75, 3.05) is 7.11 Å². The molecule has 0 aliphatic heterocycles. The van der Waals surface area contributed by atoms with Gasteiger partial charge in [0.1, 0.15) is 12.4 Å². The Kier molecular flexibility index (Phi) is 3.78. The van der Waals surface area contributed by atoms with Crippen molar-refractivity contribution in [3.63, 3.8) is 0 Å². The van der Waals surface area contributed by atoms with Gasteiger partial charge in [-0.15, -0.1) is 11.6 Å². The lowest BCUT2D eigenvalue weighted by molar-refractivity contribution is 0.104. The van der Waals surface area contributed by atoms with Crippen LogP contribution in [0.4, 0.5) is 0 Å². The maximum Gasteiger partial charge on any atom is 0.287 e. The quantitative estimate of drug-likeness (QED) is 0.581. The highest BCUT2D eigenvalue weighted by atomic mass is 35.5.